The highest BCUT2D eigenvalue weighted by molar-refractivity contribution is 7.13. The maximum Gasteiger partial charge on any atom is 0.106 e. The predicted octanol–water partition coefficient (Wildman–Crippen LogP) is 1.75. The van der Waals surface area contributed by atoms with E-state index in [2.05, 4.69) is 4.98 Å². The van der Waals surface area contributed by atoms with E-state index in [1.807, 2.05) is 13.8 Å². The van der Waals surface area contributed by atoms with Gasteiger partial charge in [0.2, 0.25) is 0 Å². The molecule has 1 rings (SSSR count). The third-order valence-electron chi connectivity index (χ3n) is 0.451. The molecule has 2 nitrogen and oxygen atoms in total. The molecule has 0 spiro atoms. The highest BCUT2D eigenvalue weighted by Crippen LogP contribution is 2.04. The van der Waals surface area contributed by atoms with Gasteiger partial charge in [0.25, 0.3) is 0 Å². The first-order valence-corrected chi connectivity index (χ1v) is 3.41. The van der Waals surface area contributed by atoms with Crippen molar-refractivity contribution in [2.45, 2.75) is 13.8 Å². The predicted molar refractivity (Wildman–Crippen MR) is 37.9 cm³/mol. The van der Waals surface area contributed by atoms with Crippen LogP contribution in [0.15, 0.2) is 11.7 Å². The molecule has 0 fully saturated rings. The van der Waals surface area contributed by atoms with Crippen LogP contribution in [0.2, 0.25) is 0 Å². The molecule has 0 aliphatic rings. The summed E-state index contributed by atoms with van der Waals surface area (Å²) in [4.78, 5) is 3.72. The van der Waals surface area contributed by atoms with Gasteiger partial charge in [-0.2, -0.15) is 0 Å². The molecule has 46 valence electrons. The minimum atomic E-state index is 0.773. The number of hydrogen-bond acceptors (Lipinski definition) is 3. The molecule has 0 atom stereocenters. The molecule has 0 bridgehead atoms. The molecule has 3 heteroatoms. The van der Waals surface area contributed by atoms with Gasteiger partial charge in [-0.05, 0) is 0 Å². The van der Waals surface area contributed by atoms with Crippen molar-refractivity contribution in [2.24, 2.45) is 0 Å². The van der Waals surface area contributed by atoms with Crippen molar-refractivity contribution < 1.29 is 0 Å². The molecule has 0 aliphatic heterocycles. The monoisotopic (exact) mass is 130 g/mol. The highest BCUT2D eigenvalue weighted by Gasteiger charge is 1.76. The van der Waals surface area contributed by atoms with Crippen LogP contribution >= 0.6 is 11.3 Å². The maximum absolute atomic E-state index is 5.23. The number of nitrogens with zero attached hydrogens (tertiary/aromatic N) is 1. The lowest BCUT2D eigenvalue weighted by atomic mass is 10.9. The third-order valence-corrected chi connectivity index (χ3v) is 1.06. The van der Waals surface area contributed by atoms with Gasteiger partial charge in [0.05, 0.1) is 11.7 Å². The van der Waals surface area contributed by atoms with E-state index in [4.69, 9.17) is 5.73 Å². The molecule has 0 aromatic carbocycles. The Morgan fingerprint density at radius 3 is 2.38 bits per heavy atom. The number of aromatic nitrogens is 1. The molecule has 0 saturated heterocycles. The second-order valence-corrected chi connectivity index (χ2v) is 1.82. The lowest BCUT2D eigenvalue weighted by Gasteiger charge is -1.66. The largest absolute Gasteiger partial charge is 0.389 e. The Balaban J connectivity index is 0.000000222. The Kier molecular flexibility index (Phi) is 4.26. The average molecular weight is 130 g/mol. The first kappa shape index (κ1) is 7.43. The summed E-state index contributed by atoms with van der Waals surface area (Å²) < 4.78 is 0. The van der Waals surface area contributed by atoms with E-state index in [1.54, 1.807) is 11.7 Å². The molecule has 8 heavy (non-hydrogen) atoms. The average Bonchev–Trinajstić information content (AvgIpc) is 2.24. The number of rotatable bonds is 0. The van der Waals surface area contributed by atoms with Crippen molar-refractivity contribution >= 4 is 16.3 Å². The minimum absolute atomic E-state index is 0.773. The Labute approximate surface area is 53.4 Å². The van der Waals surface area contributed by atoms with Crippen LogP contribution in [-0.2, 0) is 0 Å². The van der Waals surface area contributed by atoms with Gasteiger partial charge in [0.15, 0.2) is 0 Å². The van der Waals surface area contributed by atoms with Crippen LogP contribution in [0.5, 0.6) is 0 Å². The molecular formula is C5H10N2S. The summed E-state index contributed by atoms with van der Waals surface area (Å²) in [5.41, 5.74) is 6.94. The van der Waals surface area contributed by atoms with Gasteiger partial charge >= 0.3 is 0 Å². The van der Waals surface area contributed by atoms with Crippen LogP contribution in [0.25, 0.3) is 0 Å². The smallest absolute Gasteiger partial charge is 0.106 e. The standard InChI is InChI=1S/C3H4N2S.C2H6/c4-3-1-5-2-6-3;1-2/h1-2H,4H2;1-2H3. The highest BCUT2D eigenvalue weighted by atomic mass is 32.1. The fourth-order valence-electron chi connectivity index (χ4n) is 0.226. The summed E-state index contributed by atoms with van der Waals surface area (Å²) in [6.45, 7) is 4.00. The van der Waals surface area contributed by atoms with Gasteiger partial charge in [0, 0.05) is 0 Å². The van der Waals surface area contributed by atoms with Crippen LogP contribution in [0.3, 0.4) is 0 Å². The molecule has 1 aromatic rings. The van der Waals surface area contributed by atoms with Gasteiger partial charge in [-0.25, -0.2) is 0 Å². The number of nitrogens with two attached hydrogens (primary N) is 1. The maximum atomic E-state index is 5.23. The quantitative estimate of drug-likeness (QED) is 0.581. The molecule has 0 saturated carbocycles. The van der Waals surface area contributed by atoms with E-state index in [1.165, 1.54) is 11.3 Å². The van der Waals surface area contributed by atoms with E-state index in [0.717, 1.165) is 5.00 Å². The van der Waals surface area contributed by atoms with Crippen molar-refractivity contribution in [2.75, 3.05) is 5.73 Å². The van der Waals surface area contributed by atoms with E-state index >= 15 is 0 Å². The summed E-state index contributed by atoms with van der Waals surface area (Å²) >= 11 is 1.44. The summed E-state index contributed by atoms with van der Waals surface area (Å²) in [5.74, 6) is 0. The lowest BCUT2D eigenvalue weighted by Crippen LogP contribution is -1.73. The summed E-state index contributed by atoms with van der Waals surface area (Å²) in [7, 11) is 0. The summed E-state index contributed by atoms with van der Waals surface area (Å²) in [6.07, 6.45) is 1.63. The molecule has 1 aromatic heterocycles. The van der Waals surface area contributed by atoms with E-state index < -0.39 is 0 Å². The van der Waals surface area contributed by atoms with Crippen LogP contribution in [0.4, 0.5) is 5.00 Å². The third kappa shape index (κ3) is 2.58. The molecule has 0 radical (unpaired) electrons. The molecule has 1 heterocycles. The number of anilines is 1. The first-order chi connectivity index (χ1) is 3.89. The first-order valence-electron chi connectivity index (χ1n) is 2.53. The fraction of sp³-hybridized carbons (Fsp3) is 0.400. The van der Waals surface area contributed by atoms with Crippen LogP contribution in [0, 0.1) is 0 Å². The Hall–Kier alpha value is -0.570. The zero-order valence-corrected chi connectivity index (χ0v) is 5.90. The van der Waals surface area contributed by atoms with Crippen LogP contribution in [-0.4, -0.2) is 4.98 Å². The molecule has 0 unspecified atom stereocenters. The van der Waals surface area contributed by atoms with Gasteiger partial charge in [-0.1, -0.05) is 13.8 Å². The van der Waals surface area contributed by atoms with E-state index in [9.17, 15) is 0 Å². The van der Waals surface area contributed by atoms with Gasteiger partial charge in [-0.15, -0.1) is 11.3 Å². The molecule has 0 amide bonds. The number of thiazole rings is 1. The zero-order valence-electron chi connectivity index (χ0n) is 5.09. The van der Waals surface area contributed by atoms with Gasteiger partial charge in [-0.3, -0.25) is 4.98 Å². The van der Waals surface area contributed by atoms with Crippen LogP contribution in [0.1, 0.15) is 13.8 Å². The lowest BCUT2D eigenvalue weighted by molar-refractivity contribution is 1.43. The molecule has 2 N–H and O–H groups in total. The Bertz CT molecular complexity index is 114. The van der Waals surface area contributed by atoms with Gasteiger partial charge in [0.1, 0.15) is 5.00 Å². The van der Waals surface area contributed by atoms with Crippen molar-refractivity contribution in [3.05, 3.63) is 11.7 Å². The number of hydrogen-bond donors (Lipinski definition) is 1. The topological polar surface area (TPSA) is 38.9 Å². The Morgan fingerprint density at radius 2 is 2.25 bits per heavy atom. The van der Waals surface area contributed by atoms with E-state index in [0.29, 0.717) is 0 Å². The molecule has 0 aliphatic carbocycles. The minimum Gasteiger partial charge on any atom is -0.389 e. The molecular weight excluding hydrogens is 120 g/mol. The summed E-state index contributed by atoms with van der Waals surface area (Å²) in [5, 5.41) is 0.773. The SMILES string of the molecule is CC.Nc1cncs1. The summed E-state index contributed by atoms with van der Waals surface area (Å²) in [6, 6.07) is 0. The second-order valence-electron chi connectivity index (χ2n) is 0.904. The van der Waals surface area contributed by atoms with Crippen LogP contribution < -0.4 is 5.73 Å². The van der Waals surface area contributed by atoms with Crippen molar-refractivity contribution in [3.8, 4) is 0 Å². The second kappa shape index (κ2) is 4.59. The van der Waals surface area contributed by atoms with Gasteiger partial charge < -0.3 is 5.73 Å². The van der Waals surface area contributed by atoms with Crippen molar-refractivity contribution in [3.63, 3.8) is 0 Å². The zero-order chi connectivity index (χ0) is 6.41. The van der Waals surface area contributed by atoms with Crippen molar-refractivity contribution in [1.29, 1.82) is 0 Å². The van der Waals surface area contributed by atoms with Crippen molar-refractivity contribution in [1.82, 2.24) is 4.98 Å². The normalized spacial score (nSPS) is 7.25. The number of nitrogen functional groups attached to an aromatic ring is 1. The fourth-order valence-corrected chi connectivity index (χ4v) is 0.591. The van der Waals surface area contributed by atoms with E-state index in [-0.39, 0.29) is 0 Å². The Morgan fingerprint density at radius 1 is 1.62 bits per heavy atom.